The molecule has 2 heteroatoms. The van der Waals surface area contributed by atoms with E-state index >= 15 is 0 Å². The van der Waals surface area contributed by atoms with E-state index in [4.69, 9.17) is 4.74 Å². The molecule has 0 bridgehead atoms. The third-order valence-electron chi connectivity index (χ3n) is 20.8. The first-order valence-corrected chi connectivity index (χ1v) is 33.1. The molecule has 1 aliphatic heterocycles. The summed E-state index contributed by atoms with van der Waals surface area (Å²) in [5, 5.41) is 0. The smallest absolute Gasteiger partial charge is 0.132 e. The quantitative estimate of drug-likeness (QED) is 0.165. The van der Waals surface area contributed by atoms with Crippen LogP contribution in [-0.4, -0.2) is 0 Å². The van der Waals surface area contributed by atoms with Crippen LogP contribution in [0.15, 0.2) is 261 Å². The molecular weight excluding hydrogens is 1110 g/mol. The van der Waals surface area contributed by atoms with Gasteiger partial charge in [0.2, 0.25) is 0 Å². The molecule has 0 atom stereocenters. The van der Waals surface area contributed by atoms with Crippen molar-refractivity contribution in [3.8, 4) is 78.3 Å². The van der Waals surface area contributed by atoms with Gasteiger partial charge in [0.25, 0.3) is 0 Å². The van der Waals surface area contributed by atoms with Gasteiger partial charge in [-0.3, -0.25) is 0 Å². The fourth-order valence-electron chi connectivity index (χ4n) is 16.1. The van der Waals surface area contributed by atoms with Crippen LogP contribution in [-0.2, 0) is 32.5 Å². The number of nitrogens with zero attached hydrogens (tertiary/aromatic N) is 1. The Kier molecular flexibility index (Phi) is 12.7. The summed E-state index contributed by atoms with van der Waals surface area (Å²) < 4.78 is 7.13. The molecule has 0 fully saturated rings. The molecule has 0 saturated heterocycles. The highest BCUT2D eigenvalue weighted by molar-refractivity contribution is 6.03. The number of hydrogen-bond donors (Lipinski definition) is 0. The molecule has 450 valence electrons. The van der Waals surface area contributed by atoms with Crippen LogP contribution in [0.1, 0.15) is 150 Å². The Morgan fingerprint density at radius 3 is 1.17 bits per heavy atom. The first-order chi connectivity index (χ1) is 44.1. The van der Waals surface area contributed by atoms with E-state index in [1.165, 1.54) is 117 Å². The highest BCUT2D eigenvalue weighted by atomic mass is 16.5. The number of rotatable bonds is 6. The molecule has 1 heterocycles. The van der Waals surface area contributed by atoms with E-state index in [1.807, 2.05) is 0 Å². The van der Waals surface area contributed by atoms with Crippen LogP contribution in [0.25, 0.3) is 66.8 Å². The molecule has 12 aromatic carbocycles. The normalized spacial score (nSPS) is 14.3. The summed E-state index contributed by atoms with van der Waals surface area (Å²) in [6, 6.07) is 100. The van der Waals surface area contributed by atoms with Gasteiger partial charge < -0.3 is 9.64 Å². The Bertz CT molecular complexity index is 4860. The van der Waals surface area contributed by atoms with Gasteiger partial charge >= 0.3 is 0 Å². The summed E-state index contributed by atoms with van der Waals surface area (Å²) in [5.41, 5.74) is 31.7. The lowest BCUT2D eigenvalue weighted by molar-refractivity contribution is 0.433. The largest absolute Gasteiger partial charge is 0.457 e. The van der Waals surface area contributed by atoms with E-state index in [1.54, 1.807) is 0 Å². The molecule has 0 N–H and O–H groups in total. The summed E-state index contributed by atoms with van der Waals surface area (Å²) in [7, 11) is 0. The van der Waals surface area contributed by atoms with Gasteiger partial charge in [-0.15, -0.1) is 0 Å². The monoisotopic (exact) mass is 1190 g/mol. The molecule has 2 nitrogen and oxygen atoms in total. The SMILES string of the molecule is CC(C)(C)c1ccc2c(c1)C1(c3cc(C(C)(C)C)ccc3O2)c2ccccc2-c2c(-c3ccccc3N(c3ccc4c(c3)C3(c5ccccc5-4)c4cc(C(C)(C)C)ccc4-c4ccc(C(C)(C)C)cc43)c3ccccc3-c3ccc(-c4ccccc4)cc3)cccc21. The Morgan fingerprint density at radius 1 is 0.250 bits per heavy atom. The average molecular weight is 1190 g/mol. The summed E-state index contributed by atoms with van der Waals surface area (Å²) in [5.74, 6) is 1.80. The summed E-state index contributed by atoms with van der Waals surface area (Å²) in [6.45, 7) is 28.0. The Labute approximate surface area is 544 Å². The van der Waals surface area contributed by atoms with Crippen LogP contribution in [0.5, 0.6) is 11.5 Å². The molecular formula is C90H79NO. The minimum Gasteiger partial charge on any atom is -0.457 e. The van der Waals surface area contributed by atoms with Crippen LogP contribution in [0.3, 0.4) is 0 Å². The number of para-hydroxylation sites is 2. The van der Waals surface area contributed by atoms with Gasteiger partial charge in [-0.25, -0.2) is 0 Å². The zero-order valence-corrected chi connectivity index (χ0v) is 55.2. The highest BCUT2D eigenvalue weighted by Crippen LogP contribution is 2.67. The van der Waals surface area contributed by atoms with Gasteiger partial charge in [0.15, 0.2) is 0 Å². The Balaban J connectivity index is 0.983. The van der Waals surface area contributed by atoms with Gasteiger partial charge in [-0.1, -0.05) is 295 Å². The zero-order valence-electron chi connectivity index (χ0n) is 55.2. The summed E-state index contributed by atoms with van der Waals surface area (Å²) in [4.78, 5) is 2.60. The van der Waals surface area contributed by atoms with Crippen molar-refractivity contribution in [2.45, 2.75) is 116 Å². The van der Waals surface area contributed by atoms with Gasteiger partial charge in [-0.2, -0.15) is 0 Å². The van der Waals surface area contributed by atoms with Gasteiger partial charge in [0.1, 0.15) is 11.5 Å². The van der Waals surface area contributed by atoms with Crippen molar-refractivity contribution in [1.29, 1.82) is 0 Å². The minimum atomic E-state index is -0.697. The van der Waals surface area contributed by atoms with E-state index in [2.05, 4.69) is 349 Å². The topological polar surface area (TPSA) is 12.5 Å². The zero-order chi connectivity index (χ0) is 63.4. The van der Waals surface area contributed by atoms with Crippen molar-refractivity contribution >= 4 is 17.1 Å². The van der Waals surface area contributed by atoms with Crippen molar-refractivity contribution in [1.82, 2.24) is 0 Å². The number of hydrogen-bond acceptors (Lipinski definition) is 2. The maximum Gasteiger partial charge on any atom is 0.132 e. The summed E-state index contributed by atoms with van der Waals surface area (Å²) >= 11 is 0. The molecule has 4 aliphatic rings. The van der Waals surface area contributed by atoms with Gasteiger partial charge in [-0.05, 0) is 181 Å². The number of ether oxygens (including phenoxy) is 1. The first-order valence-electron chi connectivity index (χ1n) is 33.1. The number of benzene rings is 12. The molecule has 0 radical (unpaired) electrons. The predicted octanol–water partition coefficient (Wildman–Crippen LogP) is 24.2. The van der Waals surface area contributed by atoms with Crippen LogP contribution in [0.4, 0.5) is 17.1 Å². The maximum atomic E-state index is 7.13. The maximum absolute atomic E-state index is 7.13. The molecule has 2 spiro atoms. The van der Waals surface area contributed by atoms with Crippen LogP contribution >= 0.6 is 0 Å². The number of anilines is 3. The molecule has 12 aromatic rings. The standard InChI is InChI=1S/C90H79NO/c1-85(2,3)59-41-46-66-67-47-42-60(86(4,5)6)52-76(67)90(75(66)51-59)72-32-20-16-28-65(72)68-48-45-63(55-77(68)90)91(80-35-22-18-27-64(80)58-39-37-57(38-40-58)56-25-14-13-15-26-56)81-36-23-19-29-69(81)70-31-24-34-74-84(70)71-30-17-21-33-73(71)89(74)78-53-61(87(7,8)9)43-49-82(78)92-83-50-44-62(54-79(83)89)88(10,11)12/h13-55H,1-12H3. The third-order valence-corrected chi connectivity index (χ3v) is 20.8. The Morgan fingerprint density at radius 2 is 0.620 bits per heavy atom. The van der Waals surface area contributed by atoms with Gasteiger partial charge in [0, 0.05) is 27.9 Å². The van der Waals surface area contributed by atoms with E-state index in [-0.39, 0.29) is 21.7 Å². The first kappa shape index (κ1) is 57.4. The lowest BCUT2D eigenvalue weighted by Crippen LogP contribution is -2.33. The van der Waals surface area contributed by atoms with E-state index in [0.717, 1.165) is 45.3 Å². The van der Waals surface area contributed by atoms with Crippen LogP contribution < -0.4 is 9.64 Å². The van der Waals surface area contributed by atoms with Crippen LogP contribution in [0, 0.1) is 0 Å². The lowest BCUT2D eigenvalue weighted by atomic mass is 9.64. The van der Waals surface area contributed by atoms with Crippen molar-refractivity contribution in [3.63, 3.8) is 0 Å². The third kappa shape index (κ3) is 8.52. The second-order valence-corrected chi connectivity index (χ2v) is 30.4. The van der Waals surface area contributed by atoms with Crippen molar-refractivity contribution in [2.75, 3.05) is 4.90 Å². The number of fused-ring (bicyclic) bond motifs is 19. The molecule has 0 amide bonds. The van der Waals surface area contributed by atoms with E-state index in [9.17, 15) is 0 Å². The van der Waals surface area contributed by atoms with Crippen molar-refractivity contribution in [3.05, 3.63) is 328 Å². The molecule has 92 heavy (non-hydrogen) atoms. The minimum absolute atomic E-state index is 0.0755. The molecule has 3 aliphatic carbocycles. The fourth-order valence-corrected chi connectivity index (χ4v) is 16.1. The summed E-state index contributed by atoms with van der Waals surface area (Å²) in [6.07, 6.45) is 0. The van der Waals surface area contributed by atoms with E-state index < -0.39 is 10.8 Å². The lowest BCUT2D eigenvalue weighted by Gasteiger charge is -2.41. The Hall–Kier alpha value is -9.76. The van der Waals surface area contributed by atoms with Crippen molar-refractivity contribution in [2.24, 2.45) is 0 Å². The average Bonchev–Trinajstić information content (AvgIpc) is 1.48. The van der Waals surface area contributed by atoms with Crippen molar-refractivity contribution < 1.29 is 4.74 Å². The van der Waals surface area contributed by atoms with E-state index in [0.29, 0.717) is 0 Å². The molecule has 0 aromatic heterocycles. The predicted molar refractivity (Wildman–Crippen MR) is 386 cm³/mol. The second-order valence-electron chi connectivity index (χ2n) is 30.4. The molecule has 0 unspecified atom stereocenters. The fraction of sp³-hybridized carbons (Fsp3) is 0.200. The highest BCUT2D eigenvalue weighted by Gasteiger charge is 2.54. The van der Waals surface area contributed by atoms with Gasteiger partial charge in [0.05, 0.1) is 22.2 Å². The second kappa shape index (κ2) is 20.4. The van der Waals surface area contributed by atoms with Crippen LogP contribution in [0.2, 0.25) is 0 Å². The molecule has 0 saturated carbocycles. The molecule has 16 rings (SSSR count).